The van der Waals surface area contributed by atoms with Crippen molar-refractivity contribution in [1.82, 2.24) is 0 Å². The maximum absolute atomic E-state index is 3.15. The molecule has 0 spiro atoms. The molecule has 1 radical (unpaired) electrons. The molecule has 0 aromatic heterocycles. The van der Waals surface area contributed by atoms with Gasteiger partial charge in [-0.15, -0.1) is 0 Å². The summed E-state index contributed by atoms with van der Waals surface area (Å²) in [6, 6.07) is 6.36. The smallest absolute Gasteiger partial charge is 0.0151 e. The molecule has 0 fully saturated rings. The van der Waals surface area contributed by atoms with Gasteiger partial charge in [-0.3, -0.25) is 0 Å². The molecule has 0 aliphatic heterocycles. The van der Waals surface area contributed by atoms with Crippen LogP contribution in [0, 0.1) is 19.9 Å². The zero-order valence-electron chi connectivity index (χ0n) is 7.31. The van der Waals surface area contributed by atoms with Gasteiger partial charge >= 0.3 is 0 Å². The van der Waals surface area contributed by atoms with E-state index in [1.165, 1.54) is 11.1 Å². The minimum atomic E-state index is 1.16. The molecule has 0 amide bonds. The largest absolute Gasteiger partial charge is 0.0792 e. The lowest BCUT2D eigenvalue weighted by Gasteiger charge is -1.99. The van der Waals surface area contributed by atoms with Crippen LogP contribution in [-0.4, -0.2) is 0 Å². The number of rotatable bonds is 1. The van der Waals surface area contributed by atoms with Crippen molar-refractivity contribution in [1.29, 1.82) is 0 Å². The van der Waals surface area contributed by atoms with Crippen LogP contribution >= 0.6 is 0 Å². The molecular formula is C11H13. The van der Waals surface area contributed by atoms with Crippen LogP contribution < -0.4 is 0 Å². The van der Waals surface area contributed by atoms with E-state index in [9.17, 15) is 0 Å². The first-order valence-corrected chi connectivity index (χ1v) is 3.85. The van der Waals surface area contributed by atoms with E-state index in [0.717, 1.165) is 5.56 Å². The molecule has 1 rings (SSSR count). The molecule has 57 valence electrons. The summed E-state index contributed by atoms with van der Waals surface area (Å²) in [5.74, 6) is 0. The Labute approximate surface area is 68.6 Å². The average molecular weight is 145 g/mol. The van der Waals surface area contributed by atoms with Crippen LogP contribution in [0.1, 0.15) is 23.6 Å². The number of aryl methyl sites for hydroxylation is 2. The number of hydrogen-bond donors (Lipinski definition) is 0. The molecule has 0 saturated carbocycles. The van der Waals surface area contributed by atoms with Crippen molar-refractivity contribution in [3.05, 3.63) is 47.0 Å². The lowest BCUT2D eigenvalue weighted by Crippen LogP contribution is -1.81. The Morgan fingerprint density at radius 3 is 2.45 bits per heavy atom. The Kier molecular flexibility index (Phi) is 2.48. The fourth-order valence-corrected chi connectivity index (χ4v) is 0.998. The summed E-state index contributed by atoms with van der Waals surface area (Å²) in [4.78, 5) is 0. The van der Waals surface area contributed by atoms with Crippen molar-refractivity contribution in [2.75, 3.05) is 0 Å². The molecular weight excluding hydrogens is 132 g/mol. The first kappa shape index (κ1) is 8.06. The van der Waals surface area contributed by atoms with Gasteiger partial charge in [-0.05, 0) is 43.5 Å². The summed E-state index contributed by atoms with van der Waals surface area (Å²) in [7, 11) is 0. The van der Waals surface area contributed by atoms with Crippen LogP contribution in [0.25, 0.3) is 0 Å². The predicted octanol–water partition coefficient (Wildman–Crippen LogP) is 3.03. The van der Waals surface area contributed by atoms with Gasteiger partial charge in [0.05, 0.1) is 0 Å². The van der Waals surface area contributed by atoms with Gasteiger partial charge in [0.1, 0.15) is 0 Å². The molecule has 0 nitrogen and oxygen atoms in total. The molecule has 0 unspecified atom stereocenters. The van der Waals surface area contributed by atoms with E-state index in [1.807, 2.05) is 13.0 Å². The summed E-state index contributed by atoms with van der Waals surface area (Å²) >= 11 is 0. The van der Waals surface area contributed by atoms with E-state index >= 15 is 0 Å². The maximum atomic E-state index is 3.15. The van der Waals surface area contributed by atoms with Crippen LogP contribution in [0.15, 0.2) is 24.3 Å². The number of allylic oxidation sites excluding steroid dienone is 1. The standard InChI is InChI=1S/C11H13/c1-4-5-11-7-6-9(2)10(3)8-11/h4,6-8H,1-3H3. The molecule has 1 aromatic carbocycles. The molecule has 0 saturated heterocycles. The first-order chi connectivity index (χ1) is 5.24. The van der Waals surface area contributed by atoms with Crippen molar-refractivity contribution >= 4 is 0 Å². The second-order valence-electron chi connectivity index (χ2n) is 2.73. The summed E-state index contributed by atoms with van der Waals surface area (Å²) in [5, 5.41) is 0. The molecule has 0 atom stereocenters. The minimum Gasteiger partial charge on any atom is -0.0792 e. The summed E-state index contributed by atoms with van der Waals surface area (Å²) in [6.07, 6.45) is 5.09. The van der Waals surface area contributed by atoms with Crippen molar-refractivity contribution in [2.24, 2.45) is 0 Å². The van der Waals surface area contributed by atoms with E-state index < -0.39 is 0 Å². The Hall–Kier alpha value is -1.04. The molecule has 0 N–H and O–H groups in total. The second-order valence-corrected chi connectivity index (χ2v) is 2.73. The van der Waals surface area contributed by atoms with Gasteiger partial charge in [-0.2, -0.15) is 0 Å². The first-order valence-electron chi connectivity index (χ1n) is 3.85. The van der Waals surface area contributed by atoms with E-state index in [0.29, 0.717) is 0 Å². The van der Waals surface area contributed by atoms with Crippen LogP contribution in [0.3, 0.4) is 0 Å². The Balaban J connectivity index is 3.05. The normalized spacial score (nSPS) is 10.8. The van der Waals surface area contributed by atoms with Crippen LogP contribution in [0.4, 0.5) is 0 Å². The third kappa shape index (κ3) is 1.94. The van der Waals surface area contributed by atoms with Gasteiger partial charge < -0.3 is 0 Å². The molecule has 11 heavy (non-hydrogen) atoms. The van der Waals surface area contributed by atoms with E-state index in [4.69, 9.17) is 0 Å². The van der Waals surface area contributed by atoms with E-state index in [1.54, 1.807) is 0 Å². The Morgan fingerprint density at radius 2 is 1.91 bits per heavy atom. The average Bonchev–Trinajstić information content (AvgIpc) is 1.98. The molecule has 1 aromatic rings. The summed E-state index contributed by atoms with van der Waals surface area (Å²) < 4.78 is 0. The third-order valence-corrected chi connectivity index (χ3v) is 1.82. The highest BCUT2D eigenvalue weighted by Crippen LogP contribution is 2.09. The van der Waals surface area contributed by atoms with Gasteiger partial charge in [-0.25, -0.2) is 0 Å². The van der Waals surface area contributed by atoms with Crippen LogP contribution in [-0.2, 0) is 0 Å². The van der Waals surface area contributed by atoms with E-state index in [-0.39, 0.29) is 0 Å². The molecule has 0 bridgehead atoms. The van der Waals surface area contributed by atoms with E-state index in [2.05, 4.69) is 38.1 Å². The van der Waals surface area contributed by atoms with Crippen molar-refractivity contribution in [3.63, 3.8) is 0 Å². The Bertz CT molecular complexity index is 269. The van der Waals surface area contributed by atoms with Crippen molar-refractivity contribution in [2.45, 2.75) is 20.8 Å². The fraction of sp³-hybridized carbons (Fsp3) is 0.273. The predicted molar refractivity (Wildman–Crippen MR) is 48.5 cm³/mol. The van der Waals surface area contributed by atoms with Gasteiger partial charge in [0.15, 0.2) is 0 Å². The zero-order valence-corrected chi connectivity index (χ0v) is 7.31. The van der Waals surface area contributed by atoms with Crippen LogP contribution in [0.5, 0.6) is 0 Å². The fourth-order valence-electron chi connectivity index (χ4n) is 0.998. The Morgan fingerprint density at radius 1 is 1.18 bits per heavy atom. The number of benzene rings is 1. The molecule has 0 heterocycles. The van der Waals surface area contributed by atoms with Gasteiger partial charge in [0, 0.05) is 0 Å². The lowest BCUT2D eigenvalue weighted by molar-refractivity contribution is 1.32. The maximum Gasteiger partial charge on any atom is -0.0151 e. The molecule has 0 aliphatic carbocycles. The zero-order chi connectivity index (χ0) is 8.27. The lowest BCUT2D eigenvalue weighted by atomic mass is 10.1. The van der Waals surface area contributed by atoms with Crippen LogP contribution in [0.2, 0.25) is 0 Å². The summed E-state index contributed by atoms with van der Waals surface area (Å²) in [5.41, 5.74) is 3.83. The molecule has 0 heteroatoms. The van der Waals surface area contributed by atoms with Gasteiger partial charge in [0.25, 0.3) is 0 Å². The highest BCUT2D eigenvalue weighted by atomic mass is 14.0. The topological polar surface area (TPSA) is 0 Å². The highest BCUT2D eigenvalue weighted by Gasteiger charge is 1.91. The summed E-state index contributed by atoms with van der Waals surface area (Å²) in [6.45, 7) is 6.22. The third-order valence-electron chi connectivity index (χ3n) is 1.82. The SMILES string of the molecule is C/C=[C]/c1ccc(C)c(C)c1. The molecule has 0 aliphatic rings. The van der Waals surface area contributed by atoms with Gasteiger partial charge in [-0.1, -0.05) is 24.3 Å². The van der Waals surface area contributed by atoms with Crippen molar-refractivity contribution < 1.29 is 0 Å². The minimum absolute atomic E-state index is 1.16. The van der Waals surface area contributed by atoms with Gasteiger partial charge in [0.2, 0.25) is 0 Å². The highest BCUT2D eigenvalue weighted by molar-refractivity contribution is 5.32. The quantitative estimate of drug-likeness (QED) is 0.569. The second kappa shape index (κ2) is 3.38. The monoisotopic (exact) mass is 145 g/mol. The van der Waals surface area contributed by atoms with Crippen molar-refractivity contribution in [3.8, 4) is 0 Å². The number of hydrogen-bond acceptors (Lipinski definition) is 0.